The number of methoxy groups -OCH3 is 2. The van der Waals surface area contributed by atoms with E-state index in [0.29, 0.717) is 23.0 Å². The average Bonchev–Trinajstić information content (AvgIpc) is 3.29. The van der Waals surface area contributed by atoms with Gasteiger partial charge < -0.3 is 14.4 Å². The Morgan fingerprint density at radius 3 is 2.15 bits per heavy atom. The number of ether oxygens (including phenoxy) is 2. The molecule has 1 aromatic carbocycles. The second kappa shape index (κ2) is 5.73. The Labute approximate surface area is 120 Å². The van der Waals surface area contributed by atoms with Gasteiger partial charge in [-0.25, -0.2) is 0 Å². The topological polar surface area (TPSA) is 38.8 Å². The molecular weight excluding hydrogens is 254 g/mol. The summed E-state index contributed by atoms with van der Waals surface area (Å²) in [4.78, 5) is 14.4. The lowest BCUT2D eigenvalue weighted by Gasteiger charge is -2.25. The van der Waals surface area contributed by atoms with E-state index in [0.717, 1.165) is 5.56 Å². The van der Waals surface area contributed by atoms with Crippen molar-refractivity contribution in [3.05, 3.63) is 23.3 Å². The minimum atomic E-state index is 0.0148. The Bertz CT molecular complexity index is 483. The number of hydrogen-bond acceptors (Lipinski definition) is 3. The minimum absolute atomic E-state index is 0.0148. The van der Waals surface area contributed by atoms with E-state index in [1.807, 2.05) is 18.9 Å². The van der Waals surface area contributed by atoms with Gasteiger partial charge in [0.05, 0.1) is 14.2 Å². The van der Waals surface area contributed by atoms with E-state index in [1.54, 1.807) is 26.4 Å². The lowest BCUT2D eigenvalue weighted by atomic mass is 10.1. The van der Waals surface area contributed by atoms with Crippen molar-refractivity contribution in [2.75, 3.05) is 21.3 Å². The summed E-state index contributed by atoms with van der Waals surface area (Å²) in [6, 6.07) is 3.85. The molecule has 20 heavy (non-hydrogen) atoms. The van der Waals surface area contributed by atoms with Gasteiger partial charge in [0.1, 0.15) is 11.5 Å². The van der Waals surface area contributed by atoms with Crippen molar-refractivity contribution >= 4 is 5.91 Å². The van der Waals surface area contributed by atoms with Gasteiger partial charge in [0.2, 0.25) is 0 Å². The molecule has 4 nitrogen and oxygen atoms in total. The predicted octanol–water partition coefficient (Wildman–Crippen LogP) is 2.88. The second-order valence-electron chi connectivity index (χ2n) is 5.50. The van der Waals surface area contributed by atoms with Crippen molar-refractivity contribution < 1.29 is 14.3 Å². The highest BCUT2D eigenvalue weighted by molar-refractivity contribution is 5.95. The maximum Gasteiger partial charge on any atom is 0.254 e. The van der Waals surface area contributed by atoms with E-state index < -0.39 is 0 Å². The number of nitrogens with zero attached hydrogens (tertiary/aromatic N) is 1. The van der Waals surface area contributed by atoms with Gasteiger partial charge in [-0.2, -0.15) is 0 Å². The zero-order valence-electron chi connectivity index (χ0n) is 12.9. The number of amides is 1. The largest absolute Gasteiger partial charge is 0.496 e. The fourth-order valence-corrected chi connectivity index (χ4v) is 2.49. The lowest BCUT2D eigenvalue weighted by molar-refractivity contribution is 0.0726. The molecule has 2 rings (SSSR count). The Kier molecular flexibility index (Phi) is 4.21. The highest BCUT2D eigenvalue weighted by Crippen LogP contribution is 2.36. The summed E-state index contributed by atoms with van der Waals surface area (Å²) < 4.78 is 10.7. The SMILES string of the molecule is COc1cc(C(=O)N(C)C(C)C2CC2)cc(OC)c1C. The highest BCUT2D eigenvalue weighted by atomic mass is 16.5. The van der Waals surface area contributed by atoms with Crippen LogP contribution in [0, 0.1) is 12.8 Å². The smallest absolute Gasteiger partial charge is 0.254 e. The van der Waals surface area contributed by atoms with Gasteiger partial charge in [0, 0.05) is 24.2 Å². The van der Waals surface area contributed by atoms with E-state index in [-0.39, 0.29) is 11.9 Å². The van der Waals surface area contributed by atoms with Gasteiger partial charge in [-0.05, 0) is 44.7 Å². The summed E-state index contributed by atoms with van der Waals surface area (Å²) in [5.41, 5.74) is 1.52. The number of hydrogen-bond donors (Lipinski definition) is 0. The van der Waals surface area contributed by atoms with E-state index in [1.165, 1.54) is 12.8 Å². The number of benzene rings is 1. The average molecular weight is 277 g/mol. The van der Waals surface area contributed by atoms with Crippen LogP contribution >= 0.6 is 0 Å². The first-order valence-electron chi connectivity index (χ1n) is 6.99. The Morgan fingerprint density at radius 2 is 1.75 bits per heavy atom. The standard InChI is InChI=1S/C16H23NO3/c1-10-14(19-4)8-13(9-15(10)20-5)16(18)17(3)11(2)12-6-7-12/h8-9,11-12H,6-7H2,1-5H3. The molecule has 0 N–H and O–H groups in total. The van der Waals surface area contributed by atoms with Gasteiger partial charge in [0.25, 0.3) is 5.91 Å². The molecule has 0 bridgehead atoms. The Morgan fingerprint density at radius 1 is 1.25 bits per heavy atom. The Balaban J connectivity index is 2.28. The minimum Gasteiger partial charge on any atom is -0.496 e. The van der Waals surface area contributed by atoms with E-state index in [4.69, 9.17) is 9.47 Å². The van der Waals surface area contributed by atoms with Gasteiger partial charge in [-0.1, -0.05) is 0 Å². The molecule has 1 saturated carbocycles. The lowest BCUT2D eigenvalue weighted by Crippen LogP contribution is -2.36. The van der Waals surface area contributed by atoms with Crippen molar-refractivity contribution in [2.45, 2.75) is 32.7 Å². The molecule has 0 aromatic heterocycles. The van der Waals surface area contributed by atoms with Gasteiger partial charge in [-0.3, -0.25) is 4.79 Å². The molecule has 110 valence electrons. The fourth-order valence-electron chi connectivity index (χ4n) is 2.49. The van der Waals surface area contributed by atoms with Crippen molar-refractivity contribution in [1.82, 2.24) is 4.90 Å². The van der Waals surface area contributed by atoms with Crippen LogP contribution < -0.4 is 9.47 Å². The Hall–Kier alpha value is -1.71. The maximum atomic E-state index is 12.6. The predicted molar refractivity (Wildman–Crippen MR) is 78.6 cm³/mol. The summed E-state index contributed by atoms with van der Waals surface area (Å²) in [6.45, 7) is 4.03. The molecule has 1 aliphatic carbocycles. The zero-order valence-corrected chi connectivity index (χ0v) is 12.9. The normalized spacial score (nSPS) is 15.7. The first-order chi connectivity index (χ1) is 9.49. The molecule has 0 heterocycles. The van der Waals surface area contributed by atoms with Gasteiger partial charge in [0.15, 0.2) is 0 Å². The molecule has 1 amide bonds. The molecule has 1 aliphatic rings. The summed E-state index contributed by atoms with van der Waals surface area (Å²) in [5.74, 6) is 2.03. The monoisotopic (exact) mass is 277 g/mol. The highest BCUT2D eigenvalue weighted by Gasteiger charge is 2.33. The van der Waals surface area contributed by atoms with Crippen molar-refractivity contribution in [3.8, 4) is 11.5 Å². The quantitative estimate of drug-likeness (QED) is 0.830. The van der Waals surface area contributed by atoms with Crippen LogP contribution in [0.3, 0.4) is 0 Å². The third-order valence-corrected chi connectivity index (χ3v) is 4.23. The van der Waals surface area contributed by atoms with Crippen LogP contribution in [-0.2, 0) is 0 Å². The molecule has 1 aromatic rings. The van der Waals surface area contributed by atoms with E-state index >= 15 is 0 Å². The van der Waals surface area contributed by atoms with Gasteiger partial charge >= 0.3 is 0 Å². The van der Waals surface area contributed by atoms with Crippen LogP contribution in [0.1, 0.15) is 35.7 Å². The molecule has 0 radical (unpaired) electrons. The van der Waals surface area contributed by atoms with Gasteiger partial charge in [-0.15, -0.1) is 0 Å². The van der Waals surface area contributed by atoms with Crippen LogP contribution in [0.2, 0.25) is 0 Å². The van der Waals surface area contributed by atoms with Crippen LogP contribution in [0.15, 0.2) is 12.1 Å². The second-order valence-corrected chi connectivity index (χ2v) is 5.50. The number of carbonyl (C=O) groups excluding carboxylic acids is 1. The first kappa shape index (κ1) is 14.7. The molecule has 1 unspecified atom stereocenters. The summed E-state index contributed by atoms with van der Waals surface area (Å²) in [6.07, 6.45) is 2.44. The zero-order chi connectivity index (χ0) is 14.9. The van der Waals surface area contributed by atoms with Crippen LogP contribution in [0.5, 0.6) is 11.5 Å². The molecular formula is C16H23NO3. The molecule has 0 aliphatic heterocycles. The summed E-state index contributed by atoms with van der Waals surface area (Å²) >= 11 is 0. The fraction of sp³-hybridized carbons (Fsp3) is 0.562. The van der Waals surface area contributed by atoms with Crippen molar-refractivity contribution in [3.63, 3.8) is 0 Å². The third-order valence-electron chi connectivity index (χ3n) is 4.23. The van der Waals surface area contributed by atoms with Crippen molar-refractivity contribution in [1.29, 1.82) is 0 Å². The molecule has 1 atom stereocenters. The van der Waals surface area contributed by atoms with Crippen LogP contribution in [0.4, 0.5) is 0 Å². The molecule has 0 saturated heterocycles. The maximum absolute atomic E-state index is 12.6. The molecule has 1 fully saturated rings. The van der Waals surface area contributed by atoms with E-state index in [2.05, 4.69) is 6.92 Å². The number of carbonyl (C=O) groups is 1. The number of rotatable bonds is 5. The molecule has 4 heteroatoms. The van der Waals surface area contributed by atoms with E-state index in [9.17, 15) is 4.79 Å². The van der Waals surface area contributed by atoms with Crippen LogP contribution in [-0.4, -0.2) is 38.1 Å². The summed E-state index contributed by atoms with van der Waals surface area (Å²) in [5, 5.41) is 0. The molecule has 0 spiro atoms. The van der Waals surface area contributed by atoms with Crippen molar-refractivity contribution in [2.24, 2.45) is 5.92 Å². The van der Waals surface area contributed by atoms with Crippen LogP contribution in [0.25, 0.3) is 0 Å². The summed E-state index contributed by atoms with van der Waals surface area (Å²) in [7, 11) is 5.07. The first-order valence-corrected chi connectivity index (χ1v) is 6.99. The third kappa shape index (κ3) is 2.74.